The van der Waals surface area contributed by atoms with E-state index in [1.165, 1.54) is 13.8 Å². The lowest BCUT2D eigenvalue weighted by Crippen LogP contribution is -2.41. The molecule has 0 aromatic heterocycles. The molecule has 0 saturated carbocycles. The van der Waals surface area contributed by atoms with E-state index < -0.39 is 30.2 Å². The lowest BCUT2D eigenvalue weighted by Gasteiger charge is -2.17. The lowest BCUT2D eigenvalue weighted by molar-refractivity contribution is -0.139. The van der Waals surface area contributed by atoms with Crippen molar-refractivity contribution < 1.29 is 43.7 Å². The predicted molar refractivity (Wildman–Crippen MR) is 194 cm³/mol. The molecule has 2 amide bonds. The van der Waals surface area contributed by atoms with Gasteiger partial charge in [0, 0.05) is 24.7 Å². The molecule has 0 aliphatic heterocycles. The molecule has 52 heavy (non-hydrogen) atoms. The van der Waals surface area contributed by atoms with E-state index in [1.54, 1.807) is 0 Å². The van der Waals surface area contributed by atoms with Gasteiger partial charge in [-0.15, -0.1) is 0 Å². The smallest absolute Gasteiger partial charge is 0.407 e. The maximum atomic E-state index is 12.1. The number of carbonyl (C=O) groups excluding carboxylic acids is 4. The van der Waals surface area contributed by atoms with Crippen molar-refractivity contribution >= 4 is 29.7 Å². The van der Waals surface area contributed by atoms with E-state index in [2.05, 4.69) is 22.8 Å². The van der Waals surface area contributed by atoms with Crippen molar-refractivity contribution in [2.45, 2.75) is 57.0 Å². The first-order valence-corrected chi connectivity index (χ1v) is 17.1. The molecule has 0 radical (unpaired) electrons. The maximum absolute atomic E-state index is 12.1. The second kappa shape index (κ2) is 17.4. The van der Waals surface area contributed by atoms with Gasteiger partial charge in [-0.2, -0.15) is 0 Å². The van der Waals surface area contributed by atoms with Crippen LogP contribution in [0.3, 0.4) is 0 Å². The van der Waals surface area contributed by atoms with E-state index in [0.717, 1.165) is 44.5 Å². The largest absolute Gasteiger partial charge is 0.480 e. The number of alkyl carbamates (subject to hydrolysis) is 2. The number of carboxylic acid groups (broad SMARTS) is 1. The monoisotopic (exact) mass is 706 g/mol. The fourth-order valence-corrected chi connectivity index (χ4v) is 6.70. The number of hydrogen-bond acceptors (Lipinski definition) is 8. The summed E-state index contributed by atoms with van der Waals surface area (Å²) in [6.45, 7) is 2.81. The van der Waals surface area contributed by atoms with Crippen molar-refractivity contribution in [2.24, 2.45) is 0 Å². The first-order chi connectivity index (χ1) is 25.1. The second-order valence-corrected chi connectivity index (χ2v) is 12.9. The standard InChI is InChI=1S/C21H21NO5.C20H21NO4/c1-13(23)10-11-19(20(24)25)22-21(26)27-12-18-16-8-4-2-6-14(16)15-7-3-5-9-17(15)18;1-13(23)10-14(11-22)21-20(24)25-12-19-17-8-4-2-6-15(17)16-7-3-5-9-18(16)19/h2-9,18-19H,10-12H2,1H3,(H,22,26)(H,24,25);2-9,14,19,22H,10-12H2,1H3,(H,21,24). The molecule has 2 atom stereocenters. The number of ketones is 2. The Labute approximate surface area is 302 Å². The van der Waals surface area contributed by atoms with Crippen LogP contribution < -0.4 is 10.6 Å². The van der Waals surface area contributed by atoms with Gasteiger partial charge in [-0.25, -0.2) is 14.4 Å². The number of fused-ring (bicyclic) bond motifs is 6. The van der Waals surface area contributed by atoms with E-state index in [0.29, 0.717) is 0 Å². The first-order valence-electron chi connectivity index (χ1n) is 17.1. The summed E-state index contributed by atoms with van der Waals surface area (Å²) >= 11 is 0. The average molecular weight is 707 g/mol. The minimum absolute atomic E-state index is 0.0152. The number of amides is 2. The van der Waals surface area contributed by atoms with Gasteiger partial charge < -0.3 is 35.1 Å². The molecule has 11 nitrogen and oxygen atoms in total. The summed E-state index contributed by atoms with van der Waals surface area (Å²) in [7, 11) is 0. The van der Waals surface area contributed by atoms with Gasteiger partial charge in [-0.05, 0) is 64.8 Å². The van der Waals surface area contributed by atoms with Crippen molar-refractivity contribution in [1.82, 2.24) is 10.6 Å². The number of Topliss-reactive ketones (excluding diaryl/α,β-unsaturated/α-hetero) is 2. The molecule has 270 valence electrons. The Bertz CT molecular complexity index is 1850. The van der Waals surface area contributed by atoms with Gasteiger partial charge in [0.05, 0.1) is 12.6 Å². The fraction of sp³-hybridized carbons (Fsp3) is 0.293. The lowest BCUT2D eigenvalue weighted by atomic mass is 9.98. The summed E-state index contributed by atoms with van der Waals surface area (Å²) in [5.41, 5.74) is 9.00. The molecule has 2 unspecified atom stereocenters. The number of carbonyl (C=O) groups is 5. The highest BCUT2D eigenvalue weighted by Gasteiger charge is 2.31. The van der Waals surface area contributed by atoms with Crippen molar-refractivity contribution in [1.29, 1.82) is 0 Å². The molecular weight excluding hydrogens is 664 g/mol. The van der Waals surface area contributed by atoms with E-state index in [-0.39, 0.29) is 62.5 Å². The van der Waals surface area contributed by atoms with E-state index in [1.807, 2.05) is 84.9 Å². The molecule has 4 N–H and O–H groups in total. The van der Waals surface area contributed by atoms with Gasteiger partial charge in [-0.1, -0.05) is 97.1 Å². The summed E-state index contributed by atoms with van der Waals surface area (Å²) in [6, 6.07) is 30.4. The van der Waals surface area contributed by atoms with Crippen LogP contribution in [0.25, 0.3) is 22.3 Å². The van der Waals surface area contributed by atoms with Gasteiger partial charge in [0.1, 0.15) is 30.8 Å². The molecule has 0 spiro atoms. The number of aliphatic carboxylic acids is 1. The zero-order valence-electron chi connectivity index (χ0n) is 29.0. The molecule has 0 fully saturated rings. The van der Waals surface area contributed by atoms with Gasteiger partial charge in [0.2, 0.25) is 0 Å². The van der Waals surface area contributed by atoms with E-state index in [9.17, 15) is 34.2 Å². The molecule has 11 heteroatoms. The average Bonchev–Trinajstić information content (AvgIpc) is 3.63. The Kier molecular flexibility index (Phi) is 12.5. The van der Waals surface area contributed by atoms with Crippen LogP contribution in [0.5, 0.6) is 0 Å². The fourth-order valence-electron chi connectivity index (χ4n) is 6.70. The minimum atomic E-state index is -1.19. The van der Waals surface area contributed by atoms with Crippen molar-refractivity contribution in [3.8, 4) is 22.3 Å². The Morgan fingerprint density at radius 2 is 1.00 bits per heavy atom. The number of hydrogen-bond donors (Lipinski definition) is 4. The summed E-state index contributed by atoms with van der Waals surface area (Å²) in [4.78, 5) is 57.6. The van der Waals surface area contributed by atoms with E-state index >= 15 is 0 Å². The predicted octanol–water partition coefficient (Wildman–Crippen LogP) is 6.21. The Balaban J connectivity index is 0.000000202. The Morgan fingerprint density at radius 1 is 0.615 bits per heavy atom. The first kappa shape index (κ1) is 37.4. The molecule has 0 heterocycles. The van der Waals surface area contributed by atoms with Gasteiger partial charge in [-0.3, -0.25) is 4.79 Å². The van der Waals surface area contributed by atoms with Crippen LogP contribution in [0.2, 0.25) is 0 Å². The SMILES string of the molecule is CC(=O)CC(CO)NC(=O)OCC1c2ccccc2-c2ccccc21.CC(=O)CCC(NC(=O)OCC1c2ccccc2-c2ccccc21)C(=O)O. The summed E-state index contributed by atoms with van der Waals surface area (Å²) in [5, 5.41) is 23.3. The third-order valence-electron chi connectivity index (χ3n) is 9.14. The number of aliphatic hydroxyl groups excluding tert-OH is 1. The molecule has 6 rings (SSSR count). The second-order valence-electron chi connectivity index (χ2n) is 12.9. The highest BCUT2D eigenvalue weighted by molar-refractivity contribution is 5.83. The highest BCUT2D eigenvalue weighted by atomic mass is 16.6. The van der Waals surface area contributed by atoms with Crippen LogP contribution in [-0.2, 0) is 23.9 Å². The van der Waals surface area contributed by atoms with Gasteiger partial charge in [0.15, 0.2) is 0 Å². The number of carboxylic acids is 1. The molecule has 2 aliphatic carbocycles. The zero-order chi connectivity index (χ0) is 37.2. The molecule has 0 bridgehead atoms. The Hall–Kier alpha value is -5.81. The Morgan fingerprint density at radius 3 is 1.35 bits per heavy atom. The third kappa shape index (κ3) is 9.10. The van der Waals surface area contributed by atoms with Crippen LogP contribution in [0.1, 0.15) is 67.2 Å². The van der Waals surface area contributed by atoms with Crippen LogP contribution in [0, 0.1) is 0 Å². The van der Waals surface area contributed by atoms with Crippen LogP contribution in [-0.4, -0.2) is 71.8 Å². The number of benzene rings is 4. The van der Waals surface area contributed by atoms with E-state index in [4.69, 9.17) is 9.47 Å². The number of ether oxygens (including phenoxy) is 2. The maximum Gasteiger partial charge on any atom is 0.407 e. The molecule has 4 aromatic carbocycles. The van der Waals surface area contributed by atoms with Crippen molar-refractivity contribution in [3.63, 3.8) is 0 Å². The minimum Gasteiger partial charge on any atom is -0.480 e. The van der Waals surface area contributed by atoms with Crippen LogP contribution >= 0.6 is 0 Å². The van der Waals surface area contributed by atoms with Crippen LogP contribution in [0.4, 0.5) is 9.59 Å². The number of nitrogens with one attached hydrogen (secondary N) is 2. The summed E-state index contributed by atoms with van der Waals surface area (Å²) in [6.07, 6.45) is -1.22. The zero-order valence-corrected chi connectivity index (χ0v) is 29.0. The summed E-state index contributed by atoms with van der Waals surface area (Å²) < 4.78 is 10.7. The van der Waals surface area contributed by atoms with Crippen LogP contribution in [0.15, 0.2) is 97.1 Å². The van der Waals surface area contributed by atoms with Gasteiger partial charge in [0.25, 0.3) is 0 Å². The summed E-state index contributed by atoms with van der Waals surface area (Å²) in [5.74, 6) is -1.53. The highest BCUT2D eigenvalue weighted by Crippen LogP contribution is 2.45. The topological polar surface area (TPSA) is 168 Å². The molecule has 2 aliphatic rings. The molecular formula is C41H42N2O9. The normalized spacial score (nSPS) is 13.5. The van der Waals surface area contributed by atoms with Gasteiger partial charge >= 0.3 is 18.2 Å². The van der Waals surface area contributed by atoms with Crippen molar-refractivity contribution in [2.75, 3.05) is 19.8 Å². The third-order valence-corrected chi connectivity index (χ3v) is 9.14. The van der Waals surface area contributed by atoms with Crippen molar-refractivity contribution in [3.05, 3.63) is 119 Å². The number of rotatable bonds is 13. The number of aliphatic hydroxyl groups is 1. The molecule has 4 aromatic rings. The molecule has 0 saturated heterocycles. The quantitative estimate of drug-likeness (QED) is 0.126.